The summed E-state index contributed by atoms with van der Waals surface area (Å²) in [6.07, 6.45) is 4.57. The second kappa shape index (κ2) is 9.13. The van der Waals surface area contributed by atoms with Crippen LogP contribution in [0.15, 0.2) is 23.1 Å². The van der Waals surface area contributed by atoms with Crippen LogP contribution in [-0.4, -0.2) is 47.6 Å². The number of benzene rings is 1. The number of hydrogen-bond donors (Lipinski definition) is 1. The number of anilines is 1. The number of nitrogens with zero attached hydrogens (tertiary/aromatic N) is 1. The third-order valence-electron chi connectivity index (χ3n) is 5.77. The number of amides is 1. The van der Waals surface area contributed by atoms with Gasteiger partial charge >= 0.3 is 5.97 Å². The number of carbonyl (C=O) groups excluding carboxylic acids is 2. The Kier molecular flexibility index (Phi) is 6.79. The first-order chi connectivity index (χ1) is 13.9. The lowest BCUT2D eigenvalue weighted by atomic mass is 9.79. The number of ether oxygens (including phenoxy) is 2. The fourth-order valence-electron chi connectivity index (χ4n) is 4.17. The molecule has 1 saturated heterocycles. The molecule has 1 amide bonds. The first kappa shape index (κ1) is 21.6. The van der Waals surface area contributed by atoms with Crippen LogP contribution in [0.3, 0.4) is 0 Å². The number of rotatable bonds is 7. The third kappa shape index (κ3) is 4.72. The Hall–Kier alpha value is -2.13. The zero-order valence-corrected chi connectivity index (χ0v) is 17.7. The fraction of sp³-hybridized carbons (Fsp3) is 0.600. The predicted molar refractivity (Wildman–Crippen MR) is 107 cm³/mol. The molecule has 1 aromatic carbocycles. The van der Waals surface area contributed by atoms with Gasteiger partial charge in [-0.25, -0.2) is 13.1 Å². The summed E-state index contributed by atoms with van der Waals surface area (Å²) in [6, 6.07) is 4.73. The maximum absolute atomic E-state index is 13.0. The van der Waals surface area contributed by atoms with E-state index >= 15 is 0 Å². The van der Waals surface area contributed by atoms with Gasteiger partial charge in [0, 0.05) is 25.2 Å². The third-order valence-corrected chi connectivity index (χ3v) is 7.22. The number of carbonyl (C=O) groups is 2. The van der Waals surface area contributed by atoms with Gasteiger partial charge < -0.3 is 14.4 Å². The van der Waals surface area contributed by atoms with Gasteiger partial charge in [-0.05, 0) is 43.4 Å². The zero-order valence-electron chi connectivity index (χ0n) is 16.8. The van der Waals surface area contributed by atoms with Gasteiger partial charge in [0.1, 0.15) is 10.6 Å². The van der Waals surface area contributed by atoms with Crippen molar-refractivity contribution in [1.82, 2.24) is 4.72 Å². The molecule has 0 spiro atoms. The number of esters is 1. The van der Waals surface area contributed by atoms with E-state index in [1.54, 1.807) is 17.0 Å². The molecule has 1 heterocycles. The van der Waals surface area contributed by atoms with Gasteiger partial charge in [0.05, 0.1) is 20.1 Å². The first-order valence-corrected chi connectivity index (χ1v) is 11.4. The van der Waals surface area contributed by atoms with Crippen molar-refractivity contribution in [3.8, 4) is 5.75 Å². The van der Waals surface area contributed by atoms with Crippen molar-refractivity contribution in [2.45, 2.75) is 43.4 Å². The van der Waals surface area contributed by atoms with E-state index in [0.29, 0.717) is 25.1 Å². The van der Waals surface area contributed by atoms with E-state index in [9.17, 15) is 18.0 Å². The number of hydrogen-bond acceptors (Lipinski definition) is 6. The number of nitrogens with one attached hydrogen (secondary N) is 1. The van der Waals surface area contributed by atoms with E-state index in [0.717, 1.165) is 25.7 Å². The summed E-state index contributed by atoms with van der Waals surface area (Å²) in [5.41, 5.74) is 0.541. The standard InChI is InChI=1S/C20H28N2O6S/c1-27-17-10-9-15(22-11-5-8-19(22)23)12-18(17)29(25,26)21-13-14-6-3-4-7-16(14)20(24)28-2/h9-10,12,14,16,21H,3-8,11,13H2,1-2H3. The van der Waals surface area contributed by atoms with Crippen LogP contribution in [0.4, 0.5) is 5.69 Å². The fourth-order valence-corrected chi connectivity index (χ4v) is 5.45. The monoisotopic (exact) mass is 424 g/mol. The van der Waals surface area contributed by atoms with Crippen LogP contribution in [0.2, 0.25) is 0 Å². The molecular weight excluding hydrogens is 396 g/mol. The van der Waals surface area contributed by atoms with Gasteiger partial charge in [-0.2, -0.15) is 0 Å². The molecule has 1 aromatic rings. The lowest BCUT2D eigenvalue weighted by Gasteiger charge is -2.29. The molecule has 160 valence electrons. The maximum Gasteiger partial charge on any atom is 0.308 e. The van der Waals surface area contributed by atoms with Crippen molar-refractivity contribution < 1.29 is 27.5 Å². The Labute approximate surface area is 171 Å². The highest BCUT2D eigenvalue weighted by atomic mass is 32.2. The van der Waals surface area contributed by atoms with E-state index in [1.165, 1.54) is 20.3 Å². The molecule has 0 bridgehead atoms. The molecule has 2 fully saturated rings. The average molecular weight is 425 g/mol. The topological polar surface area (TPSA) is 102 Å². The summed E-state index contributed by atoms with van der Waals surface area (Å²) in [6.45, 7) is 0.721. The molecule has 8 nitrogen and oxygen atoms in total. The van der Waals surface area contributed by atoms with Crippen molar-refractivity contribution in [2.24, 2.45) is 11.8 Å². The Morgan fingerprint density at radius 3 is 2.62 bits per heavy atom. The molecule has 1 N–H and O–H groups in total. The SMILES string of the molecule is COC(=O)C1CCCCC1CNS(=O)(=O)c1cc(N2CCCC2=O)ccc1OC. The highest BCUT2D eigenvalue weighted by Gasteiger charge is 2.33. The van der Waals surface area contributed by atoms with Gasteiger partial charge in [-0.15, -0.1) is 0 Å². The minimum atomic E-state index is -3.89. The lowest BCUT2D eigenvalue weighted by molar-refractivity contribution is -0.148. The molecule has 2 unspecified atom stereocenters. The van der Waals surface area contributed by atoms with E-state index < -0.39 is 10.0 Å². The Morgan fingerprint density at radius 2 is 1.97 bits per heavy atom. The first-order valence-electron chi connectivity index (χ1n) is 9.93. The molecule has 1 aliphatic heterocycles. The highest BCUT2D eigenvalue weighted by molar-refractivity contribution is 7.89. The Morgan fingerprint density at radius 1 is 1.21 bits per heavy atom. The van der Waals surface area contributed by atoms with E-state index in [-0.39, 0.29) is 40.9 Å². The van der Waals surface area contributed by atoms with Crippen LogP contribution >= 0.6 is 0 Å². The summed E-state index contributed by atoms with van der Waals surface area (Å²) in [4.78, 5) is 25.7. The summed E-state index contributed by atoms with van der Waals surface area (Å²) >= 11 is 0. The van der Waals surface area contributed by atoms with Gasteiger partial charge in [0.25, 0.3) is 0 Å². The van der Waals surface area contributed by atoms with E-state index in [1.807, 2.05) is 0 Å². The van der Waals surface area contributed by atoms with Gasteiger partial charge in [0.2, 0.25) is 15.9 Å². The van der Waals surface area contributed by atoms with Crippen LogP contribution < -0.4 is 14.4 Å². The summed E-state index contributed by atoms with van der Waals surface area (Å²) in [5.74, 6) is -0.510. The van der Waals surface area contributed by atoms with Crippen molar-refractivity contribution in [1.29, 1.82) is 0 Å². The highest BCUT2D eigenvalue weighted by Crippen LogP contribution is 2.33. The van der Waals surface area contributed by atoms with Crippen LogP contribution in [-0.2, 0) is 24.3 Å². The normalized spacial score (nSPS) is 22.6. The molecular formula is C20H28N2O6S. The van der Waals surface area contributed by atoms with Crippen molar-refractivity contribution in [3.63, 3.8) is 0 Å². The van der Waals surface area contributed by atoms with E-state index in [2.05, 4.69) is 4.72 Å². The average Bonchev–Trinajstić information content (AvgIpc) is 3.17. The quantitative estimate of drug-likeness (QED) is 0.673. The van der Waals surface area contributed by atoms with E-state index in [4.69, 9.17) is 9.47 Å². The summed E-state index contributed by atoms with van der Waals surface area (Å²) in [7, 11) is -1.13. The Balaban J connectivity index is 1.80. The smallest absolute Gasteiger partial charge is 0.308 e. The predicted octanol–water partition coefficient (Wildman–Crippen LogP) is 2.08. The zero-order chi connectivity index (χ0) is 21.0. The maximum atomic E-state index is 13.0. The molecule has 9 heteroatoms. The molecule has 0 aromatic heterocycles. The summed E-state index contributed by atoms with van der Waals surface area (Å²) < 4.78 is 38.8. The van der Waals surface area contributed by atoms with Crippen LogP contribution in [0.1, 0.15) is 38.5 Å². The number of methoxy groups -OCH3 is 2. The second-order valence-electron chi connectivity index (χ2n) is 7.51. The molecule has 2 aliphatic rings. The van der Waals surface area contributed by atoms with Crippen LogP contribution in [0.5, 0.6) is 5.75 Å². The van der Waals surface area contributed by atoms with Crippen molar-refractivity contribution >= 4 is 27.6 Å². The van der Waals surface area contributed by atoms with Gasteiger partial charge in [-0.1, -0.05) is 12.8 Å². The van der Waals surface area contributed by atoms with Crippen LogP contribution in [0, 0.1) is 11.8 Å². The molecule has 3 rings (SSSR count). The second-order valence-corrected chi connectivity index (χ2v) is 9.25. The minimum Gasteiger partial charge on any atom is -0.495 e. The summed E-state index contributed by atoms with van der Waals surface area (Å²) in [5, 5.41) is 0. The molecule has 1 saturated carbocycles. The Bertz CT molecular complexity index is 870. The molecule has 1 aliphatic carbocycles. The molecule has 29 heavy (non-hydrogen) atoms. The number of sulfonamides is 1. The molecule has 2 atom stereocenters. The molecule has 0 radical (unpaired) electrons. The largest absolute Gasteiger partial charge is 0.495 e. The van der Waals surface area contributed by atoms with Crippen molar-refractivity contribution in [2.75, 3.05) is 32.2 Å². The van der Waals surface area contributed by atoms with Gasteiger partial charge in [-0.3, -0.25) is 9.59 Å². The minimum absolute atomic E-state index is 0.0115. The van der Waals surface area contributed by atoms with Gasteiger partial charge in [0.15, 0.2) is 0 Å². The van der Waals surface area contributed by atoms with Crippen LogP contribution in [0.25, 0.3) is 0 Å². The lowest BCUT2D eigenvalue weighted by Crippen LogP contribution is -2.37. The van der Waals surface area contributed by atoms with Crippen molar-refractivity contribution in [3.05, 3.63) is 18.2 Å².